The van der Waals surface area contributed by atoms with Gasteiger partial charge in [-0.3, -0.25) is 4.79 Å². The van der Waals surface area contributed by atoms with E-state index in [9.17, 15) is 4.79 Å². The third kappa shape index (κ3) is 4.62. The minimum absolute atomic E-state index is 0.0950. The molecule has 6 heteroatoms. The summed E-state index contributed by atoms with van der Waals surface area (Å²) in [6.45, 7) is 0.844. The van der Waals surface area contributed by atoms with Gasteiger partial charge in [0, 0.05) is 23.7 Å². The molecule has 0 amide bonds. The molecule has 0 aliphatic carbocycles. The van der Waals surface area contributed by atoms with E-state index in [1.807, 2.05) is 54.6 Å². The van der Waals surface area contributed by atoms with E-state index in [-0.39, 0.29) is 12.0 Å². The van der Waals surface area contributed by atoms with Crippen LogP contribution in [0.4, 0.5) is 0 Å². The standard InChI is InChI=1S/C20H21ClN2O3/c21-18-9-5-4-8-17(18)19(14-6-2-1-3-7-14)23-26-13-16-11-10-15(12-22-16)20(24)25/h1-9,15-16,22H,10-13H2,(H,24,25)/b23-19-/t15-,16-/m1/s1. The lowest BCUT2D eigenvalue weighted by atomic mass is 9.95. The van der Waals surface area contributed by atoms with Crippen LogP contribution in [0.25, 0.3) is 0 Å². The molecule has 2 N–H and O–H groups in total. The number of hydrogen-bond acceptors (Lipinski definition) is 4. The summed E-state index contributed by atoms with van der Waals surface area (Å²) in [6.07, 6.45) is 1.40. The predicted molar refractivity (Wildman–Crippen MR) is 102 cm³/mol. The van der Waals surface area contributed by atoms with Crippen LogP contribution in [-0.2, 0) is 9.63 Å². The van der Waals surface area contributed by atoms with Gasteiger partial charge in [-0.2, -0.15) is 0 Å². The molecule has 0 spiro atoms. The van der Waals surface area contributed by atoms with Crippen molar-refractivity contribution >= 4 is 23.3 Å². The Kier molecular flexibility index (Phi) is 6.26. The molecule has 2 aromatic rings. The maximum absolute atomic E-state index is 11.0. The number of benzene rings is 2. The number of aliphatic carboxylic acids is 1. The summed E-state index contributed by atoms with van der Waals surface area (Å²) in [5.74, 6) is -1.07. The van der Waals surface area contributed by atoms with Crippen molar-refractivity contribution in [2.24, 2.45) is 11.1 Å². The molecule has 1 fully saturated rings. The molecule has 2 aromatic carbocycles. The zero-order chi connectivity index (χ0) is 18.4. The first-order chi connectivity index (χ1) is 12.6. The molecule has 26 heavy (non-hydrogen) atoms. The van der Waals surface area contributed by atoms with Gasteiger partial charge in [0.05, 0.1) is 10.9 Å². The van der Waals surface area contributed by atoms with Gasteiger partial charge in [0.25, 0.3) is 0 Å². The Morgan fingerprint density at radius 3 is 2.54 bits per heavy atom. The summed E-state index contributed by atoms with van der Waals surface area (Å²) >= 11 is 6.34. The molecule has 2 atom stereocenters. The molecule has 1 saturated heterocycles. The minimum atomic E-state index is -0.750. The Morgan fingerprint density at radius 1 is 1.15 bits per heavy atom. The lowest BCUT2D eigenvalue weighted by Gasteiger charge is -2.26. The highest BCUT2D eigenvalue weighted by molar-refractivity contribution is 6.35. The molecule has 1 aliphatic rings. The molecule has 1 aliphatic heterocycles. The lowest BCUT2D eigenvalue weighted by Crippen LogP contribution is -2.43. The average Bonchev–Trinajstić information content (AvgIpc) is 2.67. The Morgan fingerprint density at radius 2 is 1.88 bits per heavy atom. The van der Waals surface area contributed by atoms with Gasteiger partial charge in [-0.05, 0) is 18.9 Å². The highest BCUT2D eigenvalue weighted by Crippen LogP contribution is 2.20. The van der Waals surface area contributed by atoms with Crippen LogP contribution in [0.3, 0.4) is 0 Å². The van der Waals surface area contributed by atoms with Gasteiger partial charge in [0.15, 0.2) is 0 Å². The number of carboxylic acids is 1. The Balaban J connectivity index is 1.70. The minimum Gasteiger partial charge on any atom is -0.481 e. The van der Waals surface area contributed by atoms with Crippen molar-refractivity contribution in [3.8, 4) is 0 Å². The van der Waals surface area contributed by atoms with Crippen LogP contribution in [0.1, 0.15) is 24.0 Å². The zero-order valence-corrected chi connectivity index (χ0v) is 15.0. The molecule has 1 heterocycles. The summed E-state index contributed by atoms with van der Waals surface area (Å²) in [5.41, 5.74) is 2.40. The van der Waals surface area contributed by atoms with Crippen LogP contribution >= 0.6 is 11.6 Å². The first kappa shape index (κ1) is 18.4. The average molecular weight is 373 g/mol. The van der Waals surface area contributed by atoms with Crippen molar-refractivity contribution in [3.63, 3.8) is 0 Å². The summed E-state index contributed by atoms with van der Waals surface area (Å²) in [5, 5.41) is 17.2. The first-order valence-electron chi connectivity index (χ1n) is 8.61. The van der Waals surface area contributed by atoms with E-state index < -0.39 is 5.97 Å². The number of carboxylic acid groups (broad SMARTS) is 1. The second kappa shape index (κ2) is 8.83. The SMILES string of the molecule is O=C(O)[C@@H]1CC[C@H](CO/N=C(/c2ccccc2)c2ccccc2Cl)NC1. The van der Waals surface area contributed by atoms with E-state index in [0.717, 1.165) is 17.5 Å². The van der Waals surface area contributed by atoms with Crippen molar-refractivity contribution in [2.45, 2.75) is 18.9 Å². The summed E-state index contributed by atoms with van der Waals surface area (Å²) < 4.78 is 0. The smallest absolute Gasteiger partial charge is 0.307 e. The topological polar surface area (TPSA) is 70.9 Å². The van der Waals surface area contributed by atoms with Gasteiger partial charge >= 0.3 is 5.97 Å². The fourth-order valence-electron chi connectivity index (χ4n) is 2.97. The fraction of sp³-hybridized carbons (Fsp3) is 0.300. The van der Waals surface area contributed by atoms with Crippen LogP contribution < -0.4 is 5.32 Å². The second-order valence-electron chi connectivity index (χ2n) is 6.30. The third-order valence-electron chi connectivity index (χ3n) is 4.47. The number of nitrogens with zero attached hydrogens (tertiary/aromatic N) is 1. The van der Waals surface area contributed by atoms with Gasteiger partial charge < -0.3 is 15.3 Å². The summed E-state index contributed by atoms with van der Waals surface area (Å²) in [4.78, 5) is 16.6. The highest BCUT2D eigenvalue weighted by atomic mass is 35.5. The Labute approximate surface area is 157 Å². The molecule has 3 rings (SSSR count). The number of carbonyl (C=O) groups is 1. The van der Waals surface area contributed by atoms with E-state index >= 15 is 0 Å². The number of nitrogens with one attached hydrogen (secondary N) is 1. The third-order valence-corrected chi connectivity index (χ3v) is 4.80. The highest BCUT2D eigenvalue weighted by Gasteiger charge is 2.25. The largest absolute Gasteiger partial charge is 0.481 e. The van der Waals surface area contributed by atoms with E-state index in [1.165, 1.54) is 0 Å². The zero-order valence-electron chi connectivity index (χ0n) is 14.3. The van der Waals surface area contributed by atoms with Crippen molar-refractivity contribution in [3.05, 3.63) is 70.7 Å². The van der Waals surface area contributed by atoms with E-state index in [2.05, 4.69) is 10.5 Å². The molecule has 0 unspecified atom stereocenters. The normalized spacial score (nSPS) is 20.6. The number of oxime groups is 1. The van der Waals surface area contributed by atoms with Crippen LogP contribution in [0.15, 0.2) is 59.8 Å². The molecule has 0 aromatic heterocycles. The maximum Gasteiger partial charge on any atom is 0.307 e. The van der Waals surface area contributed by atoms with Crippen LogP contribution in [0.2, 0.25) is 5.02 Å². The molecule has 5 nitrogen and oxygen atoms in total. The van der Waals surface area contributed by atoms with E-state index in [4.69, 9.17) is 21.5 Å². The number of piperidine rings is 1. The van der Waals surface area contributed by atoms with Crippen molar-refractivity contribution < 1.29 is 14.7 Å². The second-order valence-corrected chi connectivity index (χ2v) is 6.71. The maximum atomic E-state index is 11.0. The quantitative estimate of drug-likeness (QED) is 0.600. The van der Waals surface area contributed by atoms with Gasteiger partial charge in [-0.25, -0.2) is 0 Å². The van der Waals surface area contributed by atoms with Gasteiger partial charge in [0.1, 0.15) is 12.3 Å². The van der Waals surface area contributed by atoms with Gasteiger partial charge in [-0.15, -0.1) is 0 Å². The summed E-state index contributed by atoms with van der Waals surface area (Å²) in [6, 6.07) is 17.4. The molecule has 0 bridgehead atoms. The summed E-state index contributed by atoms with van der Waals surface area (Å²) in [7, 11) is 0. The molecule has 0 radical (unpaired) electrons. The Hall–Kier alpha value is -2.37. The molecular formula is C20H21ClN2O3. The fourth-order valence-corrected chi connectivity index (χ4v) is 3.19. The van der Waals surface area contributed by atoms with Gasteiger partial charge in [0.2, 0.25) is 0 Å². The van der Waals surface area contributed by atoms with Gasteiger partial charge in [-0.1, -0.05) is 65.3 Å². The number of halogens is 1. The monoisotopic (exact) mass is 372 g/mol. The van der Waals surface area contributed by atoms with E-state index in [0.29, 0.717) is 30.3 Å². The van der Waals surface area contributed by atoms with Crippen molar-refractivity contribution in [1.82, 2.24) is 5.32 Å². The van der Waals surface area contributed by atoms with Crippen LogP contribution in [0.5, 0.6) is 0 Å². The molecule has 136 valence electrons. The van der Waals surface area contributed by atoms with Crippen LogP contribution in [-0.4, -0.2) is 36.0 Å². The van der Waals surface area contributed by atoms with Crippen molar-refractivity contribution in [2.75, 3.05) is 13.2 Å². The Bertz CT molecular complexity index is 772. The lowest BCUT2D eigenvalue weighted by molar-refractivity contribution is -0.142. The van der Waals surface area contributed by atoms with Crippen LogP contribution in [0, 0.1) is 5.92 Å². The number of rotatable bonds is 6. The van der Waals surface area contributed by atoms with Crippen molar-refractivity contribution in [1.29, 1.82) is 0 Å². The predicted octanol–water partition coefficient (Wildman–Crippen LogP) is 3.56. The molecular weight excluding hydrogens is 352 g/mol. The molecule has 0 saturated carbocycles. The van der Waals surface area contributed by atoms with E-state index in [1.54, 1.807) is 0 Å². The number of hydrogen-bond donors (Lipinski definition) is 2. The first-order valence-corrected chi connectivity index (χ1v) is 8.99.